The number of aromatic nitrogens is 4. The molecule has 0 bridgehead atoms. The molecule has 8 heteroatoms. The van der Waals surface area contributed by atoms with Gasteiger partial charge in [0.15, 0.2) is 0 Å². The maximum atomic E-state index is 12.6. The average Bonchev–Trinajstić information content (AvgIpc) is 3.06. The number of thiazole rings is 1. The minimum Gasteiger partial charge on any atom is -0.860 e. The molecule has 3 heterocycles. The summed E-state index contributed by atoms with van der Waals surface area (Å²) in [5.74, 6) is -0.182. The van der Waals surface area contributed by atoms with Crippen LogP contribution in [0.15, 0.2) is 35.1 Å². The SMILES string of the molecule is Cc1c2c(=O)n(-c3nc4ccccc4s3)nc-2cc([O-])n1C.[Na+]. The van der Waals surface area contributed by atoms with Crippen molar-refractivity contribution in [3.8, 4) is 22.3 Å². The van der Waals surface area contributed by atoms with E-state index >= 15 is 0 Å². The number of nitrogens with zero attached hydrogens (tertiary/aromatic N) is 4. The van der Waals surface area contributed by atoms with Gasteiger partial charge in [-0.3, -0.25) is 4.79 Å². The van der Waals surface area contributed by atoms with Crippen LogP contribution in [0.1, 0.15) is 5.69 Å². The van der Waals surface area contributed by atoms with E-state index in [2.05, 4.69) is 10.1 Å². The van der Waals surface area contributed by atoms with Gasteiger partial charge < -0.3 is 9.67 Å². The van der Waals surface area contributed by atoms with E-state index in [-0.39, 0.29) is 41.0 Å². The molecular formula is C15H11N4NaO2S. The molecule has 0 N–H and O–H groups in total. The first-order valence-electron chi connectivity index (χ1n) is 6.68. The summed E-state index contributed by atoms with van der Waals surface area (Å²) in [5, 5.41) is 16.6. The van der Waals surface area contributed by atoms with Gasteiger partial charge in [-0.15, -0.1) is 0 Å². The fraction of sp³-hybridized carbons (Fsp3) is 0.133. The van der Waals surface area contributed by atoms with Gasteiger partial charge in [-0.1, -0.05) is 23.5 Å². The zero-order valence-corrected chi connectivity index (χ0v) is 15.7. The number of benzene rings is 1. The number of hydrogen-bond donors (Lipinski definition) is 0. The molecule has 4 rings (SSSR count). The van der Waals surface area contributed by atoms with Crippen molar-refractivity contribution in [3.05, 3.63) is 46.4 Å². The van der Waals surface area contributed by atoms with Crippen LogP contribution in [-0.2, 0) is 7.05 Å². The minimum absolute atomic E-state index is 0. The molecule has 6 nitrogen and oxygen atoms in total. The van der Waals surface area contributed by atoms with Gasteiger partial charge in [0, 0.05) is 12.7 Å². The number of hydrogen-bond acceptors (Lipinski definition) is 5. The van der Waals surface area contributed by atoms with Crippen molar-refractivity contribution in [1.82, 2.24) is 19.3 Å². The molecule has 0 fully saturated rings. The smallest absolute Gasteiger partial charge is 0.860 e. The van der Waals surface area contributed by atoms with Crippen molar-refractivity contribution in [1.29, 1.82) is 0 Å². The molecule has 1 aromatic carbocycles. The third kappa shape index (κ3) is 2.40. The summed E-state index contributed by atoms with van der Waals surface area (Å²) in [4.78, 5) is 17.1. The molecule has 0 unspecified atom stereocenters. The topological polar surface area (TPSA) is 75.8 Å². The summed E-state index contributed by atoms with van der Waals surface area (Å²) in [6.45, 7) is 1.75. The molecule has 0 aliphatic carbocycles. The van der Waals surface area contributed by atoms with Crippen LogP contribution in [0.4, 0.5) is 0 Å². The van der Waals surface area contributed by atoms with Crippen molar-refractivity contribution in [2.75, 3.05) is 0 Å². The van der Waals surface area contributed by atoms with Gasteiger partial charge in [0.2, 0.25) is 5.13 Å². The van der Waals surface area contributed by atoms with Gasteiger partial charge in [0.25, 0.3) is 5.56 Å². The van der Waals surface area contributed by atoms with Gasteiger partial charge in [0.05, 0.1) is 21.5 Å². The molecule has 2 aromatic rings. The van der Waals surface area contributed by atoms with Crippen LogP contribution >= 0.6 is 11.3 Å². The largest absolute Gasteiger partial charge is 1.00 e. The van der Waals surface area contributed by atoms with E-state index in [4.69, 9.17) is 0 Å². The second-order valence-electron chi connectivity index (χ2n) is 5.07. The fourth-order valence-electron chi connectivity index (χ4n) is 2.49. The Labute approximate surface area is 157 Å². The van der Waals surface area contributed by atoms with E-state index in [1.54, 1.807) is 14.0 Å². The Bertz CT molecular complexity index is 1020. The monoisotopic (exact) mass is 334 g/mol. The van der Waals surface area contributed by atoms with Crippen molar-refractivity contribution in [3.63, 3.8) is 0 Å². The van der Waals surface area contributed by atoms with Crippen molar-refractivity contribution in [2.24, 2.45) is 7.05 Å². The van der Waals surface area contributed by atoms with E-state index in [1.807, 2.05) is 24.3 Å². The third-order valence-electron chi connectivity index (χ3n) is 3.79. The molecule has 0 saturated heterocycles. The van der Waals surface area contributed by atoms with E-state index in [0.717, 1.165) is 10.2 Å². The van der Waals surface area contributed by atoms with Gasteiger partial charge in [-0.05, 0) is 31.0 Å². The summed E-state index contributed by atoms with van der Waals surface area (Å²) >= 11 is 1.40. The number of rotatable bonds is 1. The molecule has 0 atom stereocenters. The van der Waals surface area contributed by atoms with Crippen molar-refractivity contribution < 1.29 is 34.7 Å². The molecule has 2 aliphatic heterocycles. The maximum Gasteiger partial charge on any atom is 1.00 e. The van der Waals surface area contributed by atoms with Gasteiger partial charge in [-0.2, -0.15) is 9.78 Å². The van der Waals surface area contributed by atoms with E-state index < -0.39 is 0 Å². The zero-order valence-electron chi connectivity index (χ0n) is 12.9. The summed E-state index contributed by atoms with van der Waals surface area (Å²) in [6, 6.07) is 9.05. The van der Waals surface area contributed by atoms with Crippen LogP contribution < -0.4 is 40.2 Å². The number of pyridine rings is 1. The Morgan fingerprint density at radius 3 is 2.74 bits per heavy atom. The average molecular weight is 334 g/mol. The summed E-state index contributed by atoms with van der Waals surface area (Å²) in [6.07, 6.45) is 0. The number of para-hydroxylation sites is 1. The van der Waals surface area contributed by atoms with Crippen LogP contribution in [0.2, 0.25) is 0 Å². The van der Waals surface area contributed by atoms with Gasteiger partial charge in [0.1, 0.15) is 0 Å². The van der Waals surface area contributed by atoms with E-state index in [1.165, 1.54) is 26.7 Å². The van der Waals surface area contributed by atoms with Crippen LogP contribution in [-0.4, -0.2) is 19.3 Å². The van der Waals surface area contributed by atoms with Gasteiger partial charge >= 0.3 is 29.6 Å². The maximum absolute atomic E-state index is 12.6. The van der Waals surface area contributed by atoms with Gasteiger partial charge in [-0.25, -0.2) is 4.98 Å². The first-order valence-corrected chi connectivity index (χ1v) is 7.50. The quantitative estimate of drug-likeness (QED) is 0.404. The Kier molecular flexibility index (Phi) is 4.05. The molecule has 2 aliphatic rings. The van der Waals surface area contributed by atoms with Crippen molar-refractivity contribution in [2.45, 2.75) is 6.92 Å². The summed E-state index contributed by atoms with van der Waals surface area (Å²) < 4.78 is 3.72. The van der Waals surface area contributed by atoms with Crippen molar-refractivity contribution >= 4 is 21.6 Å². The second-order valence-corrected chi connectivity index (χ2v) is 6.08. The Morgan fingerprint density at radius 1 is 1.26 bits per heavy atom. The second kappa shape index (κ2) is 5.76. The predicted octanol–water partition coefficient (Wildman–Crippen LogP) is -1.33. The van der Waals surface area contributed by atoms with Crippen LogP contribution in [0.5, 0.6) is 5.88 Å². The first kappa shape index (κ1) is 16.2. The Morgan fingerprint density at radius 2 is 2.00 bits per heavy atom. The zero-order chi connectivity index (χ0) is 15.4. The molecule has 0 radical (unpaired) electrons. The van der Waals surface area contributed by atoms with E-state index in [0.29, 0.717) is 22.1 Å². The molecule has 0 saturated carbocycles. The molecule has 110 valence electrons. The van der Waals surface area contributed by atoms with Crippen LogP contribution in [0.3, 0.4) is 0 Å². The third-order valence-corrected chi connectivity index (χ3v) is 4.80. The Balaban J connectivity index is 0.00000156. The predicted molar refractivity (Wildman–Crippen MR) is 82.8 cm³/mol. The van der Waals surface area contributed by atoms with E-state index in [9.17, 15) is 9.90 Å². The molecule has 0 amide bonds. The first-order chi connectivity index (χ1) is 10.6. The van der Waals surface area contributed by atoms with Crippen LogP contribution in [0.25, 0.3) is 26.6 Å². The summed E-state index contributed by atoms with van der Waals surface area (Å²) in [5.41, 5.74) is 2.06. The standard InChI is InChI=1S/C15H12N4O2S.Na/c1-8-13-10(7-12(20)18(8)2)17-19(14(13)21)15-16-9-5-3-4-6-11(9)22-15;/h3-7,20H,1-2H3;/q;+1/p-1. The molecule has 0 spiro atoms. The Hall–Kier alpha value is -1.67. The fourth-order valence-corrected chi connectivity index (χ4v) is 3.40. The summed E-state index contributed by atoms with van der Waals surface area (Å²) in [7, 11) is 1.64. The molecular weight excluding hydrogens is 323 g/mol. The minimum atomic E-state index is -0.248. The van der Waals surface area contributed by atoms with Crippen LogP contribution in [0, 0.1) is 6.92 Å². The molecule has 23 heavy (non-hydrogen) atoms. The number of fused-ring (bicyclic) bond motifs is 2. The molecule has 1 aromatic heterocycles. The normalized spacial score (nSPS) is 11.0.